The summed E-state index contributed by atoms with van der Waals surface area (Å²) in [6.45, 7) is 0.654. The van der Waals surface area contributed by atoms with Gasteiger partial charge in [0.15, 0.2) is 0 Å². The van der Waals surface area contributed by atoms with Crippen LogP contribution in [-0.2, 0) is 17.9 Å². The van der Waals surface area contributed by atoms with Crippen LogP contribution in [0, 0.1) is 0 Å². The lowest BCUT2D eigenvalue weighted by molar-refractivity contribution is -0.137. The molecule has 3 aromatic rings. The van der Waals surface area contributed by atoms with E-state index in [1.165, 1.54) is 23.3 Å². The number of carbonyl (C=O) groups is 2. The lowest BCUT2D eigenvalue weighted by Crippen LogP contribution is -2.19. The van der Waals surface area contributed by atoms with Gasteiger partial charge in [-0.25, -0.2) is 9.67 Å². The molecule has 3 rings (SSSR count). The van der Waals surface area contributed by atoms with E-state index in [0.29, 0.717) is 6.54 Å². The molecule has 0 bridgehead atoms. The average Bonchev–Trinajstić information content (AvgIpc) is 3.23. The van der Waals surface area contributed by atoms with E-state index in [2.05, 4.69) is 20.5 Å². The zero-order valence-corrected chi connectivity index (χ0v) is 13.2. The summed E-state index contributed by atoms with van der Waals surface area (Å²) in [5.41, 5.74) is 1.32. The summed E-state index contributed by atoms with van der Waals surface area (Å²) < 4.78 is 2.96. The van der Waals surface area contributed by atoms with E-state index < -0.39 is 11.9 Å². The van der Waals surface area contributed by atoms with Gasteiger partial charge in [0.1, 0.15) is 12.0 Å². The summed E-state index contributed by atoms with van der Waals surface area (Å²) in [7, 11) is 0. The number of nitrogens with one attached hydrogen (secondary N) is 1. The molecule has 9 heteroatoms. The molecule has 0 aliphatic carbocycles. The number of benzene rings is 1. The predicted octanol–water partition coefficient (Wildman–Crippen LogP) is 1.25. The van der Waals surface area contributed by atoms with Gasteiger partial charge in [0, 0.05) is 6.20 Å². The van der Waals surface area contributed by atoms with Crippen molar-refractivity contribution in [1.29, 1.82) is 0 Å². The van der Waals surface area contributed by atoms with Gasteiger partial charge < -0.3 is 5.11 Å². The maximum atomic E-state index is 12.3. The van der Waals surface area contributed by atoms with Crippen molar-refractivity contribution in [3.8, 4) is 0 Å². The number of carbonyl (C=O) groups excluding carboxylic acids is 1. The topological polar surface area (TPSA) is 115 Å². The minimum Gasteiger partial charge on any atom is -0.481 e. The lowest BCUT2D eigenvalue weighted by atomic mass is 10.2. The van der Waals surface area contributed by atoms with Crippen molar-refractivity contribution < 1.29 is 14.7 Å². The molecule has 2 heterocycles. The highest BCUT2D eigenvalue weighted by atomic mass is 16.4. The fourth-order valence-electron chi connectivity index (χ4n) is 2.27. The minimum absolute atomic E-state index is 0.112. The maximum Gasteiger partial charge on any atom is 0.305 e. The zero-order valence-electron chi connectivity index (χ0n) is 13.2. The Balaban J connectivity index is 1.64. The number of nitrogens with zero attached hydrogens (tertiary/aromatic N) is 5. The molecule has 1 amide bonds. The molecule has 0 unspecified atom stereocenters. The van der Waals surface area contributed by atoms with Crippen LogP contribution in [0.1, 0.15) is 22.5 Å². The second kappa shape index (κ2) is 7.39. The molecule has 0 radical (unpaired) electrons. The largest absolute Gasteiger partial charge is 0.481 e. The van der Waals surface area contributed by atoms with Gasteiger partial charge in [-0.1, -0.05) is 30.3 Å². The number of carboxylic acid groups (broad SMARTS) is 1. The molecule has 2 aromatic heterocycles. The van der Waals surface area contributed by atoms with Crippen LogP contribution >= 0.6 is 0 Å². The molecule has 2 N–H and O–H groups in total. The van der Waals surface area contributed by atoms with Crippen LogP contribution in [0.25, 0.3) is 0 Å². The van der Waals surface area contributed by atoms with Crippen LogP contribution in [0.4, 0.5) is 5.95 Å². The molecule has 1 aromatic carbocycles. The number of aliphatic carboxylic acids is 1. The number of hydrogen-bond acceptors (Lipinski definition) is 5. The Labute approximate surface area is 142 Å². The molecule has 0 aliphatic heterocycles. The Morgan fingerprint density at radius 1 is 1.16 bits per heavy atom. The van der Waals surface area contributed by atoms with E-state index in [0.717, 1.165) is 5.56 Å². The van der Waals surface area contributed by atoms with Gasteiger partial charge in [-0.05, 0) is 11.6 Å². The van der Waals surface area contributed by atoms with Gasteiger partial charge in [-0.3, -0.25) is 19.6 Å². The van der Waals surface area contributed by atoms with Crippen LogP contribution in [0.5, 0.6) is 0 Å². The van der Waals surface area contributed by atoms with Crippen molar-refractivity contribution in [2.45, 2.75) is 19.5 Å². The number of amides is 1. The van der Waals surface area contributed by atoms with Crippen molar-refractivity contribution in [3.05, 3.63) is 60.2 Å². The molecule has 9 nitrogen and oxygen atoms in total. The summed E-state index contributed by atoms with van der Waals surface area (Å²) in [4.78, 5) is 27.0. The summed E-state index contributed by atoms with van der Waals surface area (Å²) in [5, 5.41) is 19.5. The molecule has 128 valence electrons. The monoisotopic (exact) mass is 340 g/mol. The molecule has 0 saturated carbocycles. The maximum absolute atomic E-state index is 12.3. The minimum atomic E-state index is -0.955. The summed E-state index contributed by atoms with van der Waals surface area (Å²) >= 11 is 0. The zero-order chi connectivity index (χ0) is 17.6. The number of aromatic nitrogens is 5. The van der Waals surface area contributed by atoms with Crippen molar-refractivity contribution in [1.82, 2.24) is 24.5 Å². The van der Waals surface area contributed by atoms with Crippen LogP contribution in [-0.4, -0.2) is 41.5 Å². The molecule has 0 spiro atoms. The standard InChI is InChI=1S/C16H16N6O3/c23-14(24)7-9-22-13(6-8-18-22)15(25)19-16-17-11-21(20-16)10-12-4-2-1-3-5-12/h1-6,8,11H,7,9-10H2,(H,23,24)(H,19,20,25). The first-order valence-electron chi connectivity index (χ1n) is 7.60. The fraction of sp³-hybridized carbons (Fsp3) is 0.188. The third-order valence-corrected chi connectivity index (χ3v) is 3.44. The normalized spacial score (nSPS) is 10.6. The Bertz CT molecular complexity index is 871. The molecular formula is C16H16N6O3. The van der Waals surface area contributed by atoms with Gasteiger partial charge >= 0.3 is 5.97 Å². The quantitative estimate of drug-likeness (QED) is 0.669. The number of hydrogen-bond donors (Lipinski definition) is 2. The predicted molar refractivity (Wildman–Crippen MR) is 88.0 cm³/mol. The van der Waals surface area contributed by atoms with Crippen LogP contribution < -0.4 is 5.32 Å². The van der Waals surface area contributed by atoms with E-state index in [1.807, 2.05) is 30.3 Å². The SMILES string of the molecule is O=C(O)CCn1nccc1C(=O)Nc1ncn(Cc2ccccc2)n1. The number of aryl methyl sites for hydroxylation is 1. The van der Waals surface area contributed by atoms with Crippen molar-refractivity contribution in [3.63, 3.8) is 0 Å². The summed E-state index contributed by atoms with van der Waals surface area (Å²) in [6.07, 6.45) is 2.86. The fourth-order valence-corrected chi connectivity index (χ4v) is 2.27. The first-order chi connectivity index (χ1) is 12.1. The third kappa shape index (κ3) is 4.28. The Kier molecular flexibility index (Phi) is 4.84. The highest BCUT2D eigenvalue weighted by Gasteiger charge is 2.15. The van der Waals surface area contributed by atoms with E-state index in [9.17, 15) is 9.59 Å². The van der Waals surface area contributed by atoms with E-state index >= 15 is 0 Å². The lowest BCUT2D eigenvalue weighted by Gasteiger charge is -2.05. The van der Waals surface area contributed by atoms with E-state index in [4.69, 9.17) is 5.11 Å². The highest BCUT2D eigenvalue weighted by Crippen LogP contribution is 2.07. The van der Waals surface area contributed by atoms with Gasteiger partial charge in [0.25, 0.3) is 5.91 Å². The third-order valence-electron chi connectivity index (χ3n) is 3.44. The molecule has 25 heavy (non-hydrogen) atoms. The molecule has 0 atom stereocenters. The van der Waals surface area contributed by atoms with Crippen molar-refractivity contribution in [2.24, 2.45) is 0 Å². The average molecular weight is 340 g/mol. The second-order valence-electron chi connectivity index (χ2n) is 5.29. The van der Waals surface area contributed by atoms with Gasteiger partial charge in [-0.15, -0.1) is 5.10 Å². The number of carboxylic acids is 1. The van der Waals surface area contributed by atoms with E-state index in [1.54, 1.807) is 4.68 Å². The van der Waals surface area contributed by atoms with Gasteiger partial charge in [0.05, 0.1) is 19.5 Å². The van der Waals surface area contributed by atoms with Crippen LogP contribution in [0.3, 0.4) is 0 Å². The van der Waals surface area contributed by atoms with Crippen molar-refractivity contribution in [2.75, 3.05) is 5.32 Å². The Hall–Kier alpha value is -3.49. The van der Waals surface area contributed by atoms with Gasteiger partial charge in [-0.2, -0.15) is 5.10 Å². The Morgan fingerprint density at radius 3 is 2.72 bits per heavy atom. The van der Waals surface area contributed by atoms with Crippen LogP contribution in [0.15, 0.2) is 48.9 Å². The summed E-state index contributed by atoms with van der Waals surface area (Å²) in [6, 6.07) is 11.3. The molecule has 0 saturated heterocycles. The van der Waals surface area contributed by atoms with E-state index in [-0.39, 0.29) is 24.6 Å². The highest BCUT2D eigenvalue weighted by molar-refractivity contribution is 6.01. The van der Waals surface area contributed by atoms with Crippen molar-refractivity contribution >= 4 is 17.8 Å². The number of rotatable bonds is 7. The number of anilines is 1. The Morgan fingerprint density at radius 2 is 1.96 bits per heavy atom. The molecular weight excluding hydrogens is 324 g/mol. The molecule has 0 fully saturated rings. The first kappa shape index (κ1) is 16.4. The summed E-state index contributed by atoms with van der Waals surface area (Å²) in [5.74, 6) is -1.23. The van der Waals surface area contributed by atoms with Gasteiger partial charge in [0.2, 0.25) is 5.95 Å². The molecule has 0 aliphatic rings. The smallest absolute Gasteiger partial charge is 0.305 e. The first-order valence-corrected chi connectivity index (χ1v) is 7.60. The second-order valence-corrected chi connectivity index (χ2v) is 5.29. The van der Waals surface area contributed by atoms with Crippen LogP contribution in [0.2, 0.25) is 0 Å².